The molecule has 0 atom stereocenters. The summed E-state index contributed by atoms with van der Waals surface area (Å²) in [5, 5.41) is 10.9. The maximum Gasteiger partial charge on any atom is 0.276 e. The smallest absolute Gasteiger partial charge is 0.269 e. The highest BCUT2D eigenvalue weighted by Gasteiger charge is 2.18. The van der Waals surface area contributed by atoms with Crippen molar-refractivity contribution < 1.29 is 18.1 Å². The summed E-state index contributed by atoms with van der Waals surface area (Å²) in [6.45, 7) is 1.61. The molecule has 0 aliphatic heterocycles. The highest BCUT2D eigenvalue weighted by molar-refractivity contribution is 7.90. The Hall–Kier alpha value is -3.00. The van der Waals surface area contributed by atoms with E-state index < -0.39 is 20.9 Å². The van der Waals surface area contributed by atoms with E-state index in [9.17, 15) is 23.3 Å². The first kappa shape index (κ1) is 17.4. The summed E-state index contributed by atoms with van der Waals surface area (Å²) in [4.78, 5) is 22.2. The number of rotatable bonds is 5. The quantitative estimate of drug-likeness (QED) is 0.508. The summed E-state index contributed by atoms with van der Waals surface area (Å²) in [5.41, 5.74) is 0.523. The molecule has 7 nitrogen and oxygen atoms in total. The zero-order valence-electron chi connectivity index (χ0n) is 12.7. The van der Waals surface area contributed by atoms with Crippen LogP contribution >= 0.6 is 0 Å². The van der Waals surface area contributed by atoms with Gasteiger partial charge in [-0.05, 0) is 30.7 Å². The number of hydrogen-bond donors (Lipinski definition) is 1. The number of carbonyl (C=O) groups excluding carboxylic acids is 1. The fraction of sp³-hybridized carbons (Fsp3) is 0.0625. The van der Waals surface area contributed by atoms with E-state index in [1.165, 1.54) is 30.3 Å². The maximum atomic E-state index is 12.2. The van der Waals surface area contributed by atoms with Crippen molar-refractivity contribution in [1.82, 2.24) is 4.72 Å². The minimum atomic E-state index is -4.01. The summed E-state index contributed by atoms with van der Waals surface area (Å²) in [7, 11) is -4.01. The van der Waals surface area contributed by atoms with Crippen molar-refractivity contribution in [3.8, 4) is 0 Å². The van der Waals surface area contributed by atoms with Crippen LogP contribution in [0.3, 0.4) is 0 Å². The molecule has 0 spiro atoms. The Morgan fingerprint density at radius 1 is 1.12 bits per heavy atom. The monoisotopic (exact) mass is 346 g/mol. The second kappa shape index (κ2) is 7.05. The summed E-state index contributed by atoms with van der Waals surface area (Å²) < 4.78 is 26.3. The van der Waals surface area contributed by atoms with E-state index in [1.54, 1.807) is 31.2 Å². The summed E-state index contributed by atoms with van der Waals surface area (Å²) in [6, 6.07) is 12.1. The van der Waals surface area contributed by atoms with Crippen LogP contribution in [0.1, 0.15) is 11.1 Å². The third-order valence-corrected chi connectivity index (χ3v) is 4.67. The number of benzene rings is 2. The topological polar surface area (TPSA) is 106 Å². The normalized spacial score (nSPS) is 11.4. The number of hydrogen-bond acceptors (Lipinski definition) is 5. The van der Waals surface area contributed by atoms with Gasteiger partial charge in [-0.25, -0.2) is 13.1 Å². The van der Waals surface area contributed by atoms with E-state index in [-0.39, 0.29) is 16.1 Å². The fourth-order valence-electron chi connectivity index (χ4n) is 2.04. The van der Waals surface area contributed by atoms with Gasteiger partial charge in [0.15, 0.2) is 0 Å². The largest absolute Gasteiger partial charge is 0.276 e. The van der Waals surface area contributed by atoms with Crippen molar-refractivity contribution in [3.63, 3.8) is 0 Å². The first-order chi connectivity index (χ1) is 11.3. The number of aryl methyl sites for hydroxylation is 1. The number of nitro benzene ring substituents is 1. The molecule has 24 heavy (non-hydrogen) atoms. The third-order valence-electron chi connectivity index (χ3n) is 3.17. The molecule has 0 bridgehead atoms. The van der Waals surface area contributed by atoms with Crippen molar-refractivity contribution in [1.29, 1.82) is 0 Å². The maximum absolute atomic E-state index is 12.2. The zero-order chi connectivity index (χ0) is 17.7. The molecule has 0 aliphatic rings. The molecule has 0 fully saturated rings. The van der Waals surface area contributed by atoms with E-state index in [2.05, 4.69) is 0 Å². The van der Waals surface area contributed by atoms with Gasteiger partial charge in [0.25, 0.3) is 21.6 Å². The number of carbonyl (C=O) groups is 1. The SMILES string of the molecule is Cc1ccccc1S(=O)(=O)NC(=O)C=Cc1ccccc1[N+](=O)[O-]. The van der Waals surface area contributed by atoms with Crippen LogP contribution in [0.2, 0.25) is 0 Å². The number of para-hydroxylation sites is 1. The molecule has 0 aromatic heterocycles. The highest BCUT2D eigenvalue weighted by Crippen LogP contribution is 2.19. The van der Waals surface area contributed by atoms with Crippen LogP contribution in [0, 0.1) is 17.0 Å². The lowest BCUT2D eigenvalue weighted by Gasteiger charge is -2.07. The first-order valence-corrected chi connectivity index (χ1v) is 8.33. The third kappa shape index (κ3) is 4.05. The van der Waals surface area contributed by atoms with E-state index in [4.69, 9.17) is 0 Å². The molecule has 0 radical (unpaired) electrons. The number of sulfonamides is 1. The van der Waals surface area contributed by atoms with Crippen molar-refractivity contribution in [2.45, 2.75) is 11.8 Å². The number of amides is 1. The minimum absolute atomic E-state index is 0.00237. The number of nitro groups is 1. The van der Waals surface area contributed by atoms with Crippen LogP contribution in [0.5, 0.6) is 0 Å². The molecule has 0 heterocycles. The molecule has 0 saturated heterocycles. The Morgan fingerprint density at radius 2 is 1.75 bits per heavy atom. The molecule has 1 amide bonds. The van der Waals surface area contributed by atoms with Gasteiger partial charge in [-0.2, -0.15) is 0 Å². The summed E-state index contributed by atoms with van der Waals surface area (Å²) in [6.07, 6.45) is 2.14. The molecule has 0 unspecified atom stereocenters. The van der Waals surface area contributed by atoms with Gasteiger partial charge in [-0.1, -0.05) is 30.3 Å². The first-order valence-electron chi connectivity index (χ1n) is 6.85. The van der Waals surface area contributed by atoms with Crippen molar-refractivity contribution in [3.05, 3.63) is 75.8 Å². The molecule has 1 N–H and O–H groups in total. The summed E-state index contributed by atoms with van der Waals surface area (Å²) in [5.74, 6) is -0.892. The molecular weight excluding hydrogens is 332 g/mol. The average Bonchev–Trinajstić information content (AvgIpc) is 2.53. The van der Waals surface area contributed by atoms with Gasteiger partial charge in [0.1, 0.15) is 0 Å². The zero-order valence-corrected chi connectivity index (χ0v) is 13.5. The molecule has 124 valence electrons. The molecule has 0 aliphatic carbocycles. The second-order valence-corrected chi connectivity index (χ2v) is 6.54. The Morgan fingerprint density at radius 3 is 2.42 bits per heavy atom. The Labute approximate surface area is 138 Å². The lowest BCUT2D eigenvalue weighted by Crippen LogP contribution is -2.29. The predicted octanol–water partition coefficient (Wildman–Crippen LogP) is 2.42. The predicted molar refractivity (Wildman–Crippen MR) is 88.6 cm³/mol. The van der Waals surface area contributed by atoms with Crippen LogP contribution in [-0.2, 0) is 14.8 Å². The van der Waals surface area contributed by atoms with Gasteiger partial charge >= 0.3 is 0 Å². The van der Waals surface area contributed by atoms with Crippen LogP contribution in [0.25, 0.3) is 6.08 Å². The Balaban J connectivity index is 2.20. The highest BCUT2D eigenvalue weighted by atomic mass is 32.2. The van der Waals surface area contributed by atoms with Gasteiger partial charge in [0.2, 0.25) is 0 Å². The fourth-order valence-corrected chi connectivity index (χ4v) is 3.23. The van der Waals surface area contributed by atoms with E-state index >= 15 is 0 Å². The lowest BCUT2D eigenvalue weighted by molar-refractivity contribution is -0.385. The van der Waals surface area contributed by atoms with Crippen molar-refractivity contribution in [2.24, 2.45) is 0 Å². The molecule has 2 rings (SSSR count). The van der Waals surface area contributed by atoms with Gasteiger partial charge in [0.05, 0.1) is 15.4 Å². The van der Waals surface area contributed by atoms with Crippen LogP contribution in [-0.4, -0.2) is 19.2 Å². The van der Waals surface area contributed by atoms with Gasteiger partial charge in [-0.15, -0.1) is 0 Å². The average molecular weight is 346 g/mol. The van der Waals surface area contributed by atoms with Crippen molar-refractivity contribution in [2.75, 3.05) is 0 Å². The van der Waals surface area contributed by atoms with Gasteiger partial charge in [-0.3, -0.25) is 14.9 Å². The summed E-state index contributed by atoms with van der Waals surface area (Å²) >= 11 is 0. The number of nitrogens with one attached hydrogen (secondary N) is 1. The Bertz CT molecular complexity index is 920. The standard InChI is InChI=1S/C16H14N2O5S/c1-12-6-2-5-9-15(12)24(22,23)17-16(19)11-10-13-7-3-4-8-14(13)18(20)21/h2-11H,1H3,(H,17,19). The molecular formula is C16H14N2O5S. The van der Waals surface area contributed by atoms with Crippen LogP contribution in [0.15, 0.2) is 59.5 Å². The molecule has 2 aromatic rings. The Kier molecular flexibility index (Phi) is 5.10. The number of nitrogens with zero attached hydrogens (tertiary/aromatic N) is 1. The van der Waals surface area contributed by atoms with E-state index in [1.807, 2.05) is 4.72 Å². The van der Waals surface area contributed by atoms with Crippen LogP contribution in [0.4, 0.5) is 5.69 Å². The minimum Gasteiger partial charge on any atom is -0.269 e. The van der Waals surface area contributed by atoms with E-state index in [0.717, 1.165) is 6.08 Å². The van der Waals surface area contributed by atoms with E-state index in [0.29, 0.717) is 5.56 Å². The van der Waals surface area contributed by atoms with Gasteiger partial charge in [0, 0.05) is 12.1 Å². The van der Waals surface area contributed by atoms with Crippen LogP contribution < -0.4 is 4.72 Å². The molecule has 0 saturated carbocycles. The molecule has 2 aromatic carbocycles. The molecule has 8 heteroatoms. The second-order valence-electron chi connectivity index (χ2n) is 4.88. The lowest BCUT2D eigenvalue weighted by atomic mass is 10.1. The van der Waals surface area contributed by atoms with Crippen molar-refractivity contribution >= 4 is 27.7 Å². The van der Waals surface area contributed by atoms with Gasteiger partial charge < -0.3 is 0 Å².